The SMILES string of the molecule is CCOC(=O)CCNC(=O)c1cc(C)cc(Cl)c1. The van der Waals surface area contributed by atoms with E-state index in [0.717, 1.165) is 5.56 Å². The summed E-state index contributed by atoms with van der Waals surface area (Å²) in [6.07, 6.45) is 0.166. The van der Waals surface area contributed by atoms with Gasteiger partial charge in [0.15, 0.2) is 0 Å². The van der Waals surface area contributed by atoms with Crippen LogP contribution in [0, 0.1) is 6.92 Å². The number of hydrogen-bond donors (Lipinski definition) is 1. The standard InChI is InChI=1S/C13H16ClNO3/c1-3-18-12(16)4-5-15-13(17)10-6-9(2)7-11(14)8-10/h6-8H,3-5H2,1-2H3,(H,15,17). The molecule has 0 radical (unpaired) electrons. The monoisotopic (exact) mass is 269 g/mol. The van der Waals surface area contributed by atoms with E-state index in [4.69, 9.17) is 16.3 Å². The largest absolute Gasteiger partial charge is 0.466 e. The van der Waals surface area contributed by atoms with Crippen molar-refractivity contribution in [3.63, 3.8) is 0 Å². The number of halogens is 1. The van der Waals surface area contributed by atoms with Crippen molar-refractivity contribution in [1.29, 1.82) is 0 Å². The Labute approximate surface area is 111 Å². The van der Waals surface area contributed by atoms with Crippen LogP contribution in [0.25, 0.3) is 0 Å². The first-order valence-corrected chi connectivity index (χ1v) is 6.11. The third-order valence-corrected chi connectivity index (χ3v) is 2.44. The molecule has 0 atom stereocenters. The second-order valence-corrected chi connectivity index (χ2v) is 4.26. The Morgan fingerprint density at radius 3 is 2.67 bits per heavy atom. The van der Waals surface area contributed by atoms with Crippen LogP contribution in [0.3, 0.4) is 0 Å². The molecule has 1 rings (SSSR count). The third-order valence-electron chi connectivity index (χ3n) is 2.22. The predicted molar refractivity (Wildman–Crippen MR) is 69.8 cm³/mol. The Kier molecular flexibility index (Phi) is 5.65. The molecule has 0 spiro atoms. The number of benzene rings is 1. The highest BCUT2D eigenvalue weighted by molar-refractivity contribution is 6.31. The zero-order chi connectivity index (χ0) is 13.5. The van der Waals surface area contributed by atoms with Crippen LogP contribution in [-0.4, -0.2) is 25.0 Å². The van der Waals surface area contributed by atoms with E-state index in [0.29, 0.717) is 17.2 Å². The highest BCUT2D eigenvalue weighted by atomic mass is 35.5. The van der Waals surface area contributed by atoms with Crippen LogP contribution in [0.1, 0.15) is 29.3 Å². The van der Waals surface area contributed by atoms with Gasteiger partial charge < -0.3 is 10.1 Å². The van der Waals surface area contributed by atoms with Gasteiger partial charge in [0, 0.05) is 17.1 Å². The van der Waals surface area contributed by atoms with E-state index in [2.05, 4.69) is 5.32 Å². The van der Waals surface area contributed by atoms with Crippen molar-refractivity contribution in [1.82, 2.24) is 5.32 Å². The van der Waals surface area contributed by atoms with Gasteiger partial charge in [0.25, 0.3) is 5.91 Å². The first-order chi connectivity index (χ1) is 8.52. The Morgan fingerprint density at radius 2 is 2.06 bits per heavy atom. The van der Waals surface area contributed by atoms with Gasteiger partial charge in [0.1, 0.15) is 0 Å². The fourth-order valence-corrected chi connectivity index (χ4v) is 1.77. The number of rotatable bonds is 5. The molecule has 18 heavy (non-hydrogen) atoms. The molecule has 1 aromatic carbocycles. The van der Waals surface area contributed by atoms with Crippen molar-refractivity contribution in [3.05, 3.63) is 34.3 Å². The number of hydrogen-bond acceptors (Lipinski definition) is 3. The average Bonchev–Trinajstić information content (AvgIpc) is 2.27. The molecule has 98 valence electrons. The minimum Gasteiger partial charge on any atom is -0.466 e. The minimum atomic E-state index is -0.319. The Balaban J connectivity index is 2.48. The lowest BCUT2D eigenvalue weighted by Crippen LogP contribution is -2.26. The molecule has 0 aliphatic heterocycles. The van der Waals surface area contributed by atoms with E-state index < -0.39 is 0 Å². The number of aryl methyl sites for hydroxylation is 1. The number of carbonyl (C=O) groups excluding carboxylic acids is 2. The van der Waals surface area contributed by atoms with Crippen molar-refractivity contribution >= 4 is 23.5 Å². The van der Waals surface area contributed by atoms with Gasteiger partial charge in [-0.05, 0) is 37.6 Å². The summed E-state index contributed by atoms with van der Waals surface area (Å²) in [5.74, 6) is -0.565. The van der Waals surface area contributed by atoms with Crippen LogP contribution in [0.15, 0.2) is 18.2 Å². The Hall–Kier alpha value is -1.55. The molecule has 0 aliphatic carbocycles. The van der Waals surface area contributed by atoms with Crippen molar-refractivity contribution in [2.24, 2.45) is 0 Å². The highest BCUT2D eigenvalue weighted by Crippen LogP contribution is 2.14. The number of amides is 1. The fraction of sp³-hybridized carbons (Fsp3) is 0.385. The molecule has 5 heteroatoms. The van der Waals surface area contributed by atoms with Gasteiger partial charge in [-0.3, -0.25) is 9.59 Å². The molecule has 0 fully saturated rings. The molecule has 1 amide bonds. The second kappa shape index (κ2) is 7.01. The molecule has 0 aromatic heterocycles. The van der Waals surface area contributed by atoms with Crippen LogP contribution in [0.4, 0.5) is 0 Å². The first kappa shape index (κ1) is 14.5. The maximum absolute atomic E-state index is 11.8. The molecule has 0 saturated heterocycles. The second-order valence-electron chi connectivity index (χ2n) is 3.83. The van der Waals surface area contributed by atoms with Crippen LogP contribution < -0.4 is 5.32 Å². The van der Waals surface area contributed by atoms with Crippen LogP contribution >= 0.6 is 11.6 Å². The smallest absolute Gasteiger partial charge is 0.307 e. The first-order valence-electron chi connectivity index (χ1n) is 5.74. The van der Waals surface area contributed by atoms with E-state index in [1.807, 2.05) is 6.92 Å². The summed E-state index contributed by atoms with van der Waals surface area (Å²) < 4.78 is 4.76. The van der Waals surface area contributed by atoms with Gasteiger partial charge in [-0.15, -0.1) is 0 Å². The van der Waals surface area contributed by atoms with Crippen LogP contribution in [0.5, 0.6) is 0 Å². The van der Waals surface area contributed by atoms with E-state index >= 15 is 0 Å². The lowest BCUT2D eigenvalue weighted by molar-refractivity contribution is -0.142. The van der Waals surface area contributed by atoms with Gasteiger partial charge in [0.05, 0.1) is 13.0 Å². The molecule has 1 N–H and O–H groups in total. The molecule has 0 saturated carbocycles. The summed E-state index contributed by atoms with van der Waals surface area (Å²) in [4.78, 5) is 22.8. The number of esters is 1. The van der Waals surface area contributed by atoms with E-state index in [1.54, 1.807) is 25.1 Å². The Bertz CT molecular complexity index is 426. The van der Waals surface area contributed by atoms with Crippen molar-refractivity contribution in [2.75, 3.05) is 13.2 Å². The van der Waals surface area contributed by atoms with Crippen molar-refractivity contribution < 1.29 is 14.3 Å². The molecular formula is C13H16ClNO3. The predicted octanol–water partition coefficient (Wildman–Crippen LogP) is 2.33. The summed E-state index contributed by atoms with van der Waals surface area (Å²) in [5, 5.41) is 3.16. The summed E-state index contributed by atoms with van der Waals surface area (Å²) in [6, 6.07) is 5.11. The molecule has 4 nitrogen and oxygen atoms in total. The van der Waals surface area contributed by atoms with Crippen LogP contribution in [-0.2, 0) is 9.53 Å². The maximum atomic E-state index is 11.8. The molecule has 0 heterocycles. The Morgan fingerprint density at radius 1 is 1.33 bits per heavy atom. The van der Waals surface area contributed by atoms with Gasteiger partial charge in [-0.25, -0.2) is 0 Å². The van der Waals surface area contributed by atoms with Crippen molar-refractivity contribution in [2.45, 2.75) is 20.3 Å². The summed E-state index contributed by atoms with van der Waals surface area (Å²) in [7, 11) is 0. The molecule has 0 unspecified atom stereocenters. The zero-order valence-corrected chi connectivity index (χ0v) is 11.2. The van der Waals surface area contributed by atoms with Gasteiger partial charge in [0.2, 0.25) is 0 Å². The van der Waals surface area contributed by atoms with Gasteiger partial charge >= 0.3 is 5.97 Å². The van der Waals surface area contributed by atoms with E-state index in [1.165, 1.54) is 0 Å². The number of ether oxygens (including phenoxy) is 1. The average molecular weight is 270 g/mol. The molecule has 0 aliphatic rings. The fourth-order valence-electron chi connectivity index (χ4n) is 1.48. The summed E-state index contributed by atoms with van der Waals surface area (Å²) >= 11 is 5.87. The maximum Gasteiger partial charge on any atom is 0.307 e. The van der Waals surface area contributed by atoms with Gasteiger partial charge in [-0.2, -0.15) is 0 Å². The zero-order valence-electron chi connectivity index (χ0n) is 10.5. The third kappa shape index (κ3) is 4.75. The number of carbonyl (C=O) groups is 2. The normalized spacial score (nSPS) is 9.94. The topological polar surface area (TPSA) is 55.4 Å². The quantitative estimate of drug-likeness (QED) is 0.835. The molecular weight excluding hydrogens is 254 g/mol. The van der Waals surface area contributed by atoms with Crippen LogP contribution in [0.2, 0.25) is 5.02 Å². The number of nitrogens with one attached hydrogen (secondary N) is 1. The highest BCUT2D eigenvalue weighted by Gasteiger charge is 2.08. The van der Waals surface area contributed by atoms with Gasteiger partial charge in [-0.1, -0.05) is 11.6 Å². The lowest BCUT2D eigenvalue weighted by Gasteiger charge is -2.06. The minimum absolute atomic E-state index is 0.166. The van der Waals surface area contributed by atoms with E-state index in [-0.39, 0.29) is 24.8 Å². The molecule has 0 bridgehead atoms. The summed E-state index contributed by atoms with van der Waals surface area (Å²) in [6.45, 7) is 4.20. The lowest BCUT2D eigenvalue weighted by atomic mass is 10.1. The van der Waals surface area contributed by atoms with Crippen molar-refractivity contribution in [3.8, 4) is 0 Å². The summed E-state index contributed by atoms with van der Waals surface area (Å²) in [5.41, 5.74) is 1.40. The molecule has 1 aromatic rings. The van der Waals surface area contributed by atoms with E-state index in [9.17, 15) is 9.59 Å².